The second-order valence-electron chi connectivity index (χ2n) is 5.01. The fourth-order valence-corrected chi connectivity index (χ4v) is 2.15. The van der Waals surface area contributed by atoms with Gasteiger partial charge in [0.05, 0.1) is 6.10 Å². The van der Waals surface area contributed by atoms with Crippen LogP contribution in [0.15, 0.2) is 28.7 Å². The van der Waals surface area contributed by atoms with Crippen LogP contribution in [0, 0.1) is 5.41 Å². The molecule has 2 rings (SSSR count). The molecule has 0 aliphatic heterocycles. The van der Waals surface area contributed by atoms with E-state index >= 15 is 0 Å². The van der Waals surface area contributed by atoms with Gasteiger partial charge in [0.25, 0.3) is 0 Å². The Morgan fingerprint density at radius 2 is 2.25 bits per heavy atom. The minimum absolute atomic E-state index is 0.417. The van der Waals surface area contributed by atoms with E-state index in [0.29, 0.717) is 12.0 Å². The summed E-state index contributed by atoms with van der Waals surface area (Å²) in [7, 11) is 0. The summed E-state index contributed by atoms with van der Waals surface area (Å²) in [5.74, 6) is 0. The number of aliphatic hydroxyl groups is 1. The van der Waals surface area contributed by atoms with Gasteiger partial charge in [-0.1, -0.05) is 35.0 Å². The number of rotatable bonds is 5. The molecule has 1 fully saturated rings. The number of hydrogen-bond donors (Lipinski definition) is 2. The zero-order valence-corrected chi connectivity index (χ0v) is 11.1. The van der Waals surface area contributed by atoms with Gasteiger partial charge in [-0.05, 0) is 36.0 Å². The van der Waals surface area contributed by atoms with E-state index in [9.17, 15) is 5.11 Å². The van der Waals surface area contributed by atoms with E-state index in [1.165, 1.54) is 12.8 Å². The van der Waals surface area contributed by atoms with Crippen molar-refractivity contribution in [3.8, 4) is 0 Å². The predicted molar refractivity (Wildman–Crippen MR) is 69.3 cm³/mol. The minimum Gasteiger partial charge on any atom is -0.387 e. The van der Waals surface area contributed by atoms with Gasteiger partial charge in [-0.3, -0.25) is 0 Å². The second-order valence-corrected chi connectivity index (χ2v) is 5.93. The average molecular weight is 284 g/mol. The summed E-state index contributed by atoms with van der Waals surface area (Å²) in [6.45, 7) is 3.93. The van der Waals surface area contributed by atoms with Crippen molar-refractivity contribution in [3.63, 3.8) is 0 Å². The topological polar surface area (TPSA) is 32.3 Å². The van der Waals surface area contributed by atoms with Crippen LogP contribution in [0.4, 0.5) is 0 Å². The summed E-state index contributed by atoms with van der Waals surface area (Å²) in [4.78, 5) is 0. The van der Waals surface area contributed by atoms with Crippen LogP contribution in [-0.4, -0.2) is 18.2 Å². The number of hydrogen-bond acceptors (Lipinski definition) is 2. The highest BCUT2D eigenvalue weighted by Gasteiger charge is 2.36. The third-order valence-corrected chi connectivity index (χ3v) is 3.72. The van der Waals surface area contributed by atoms with Gasteiger partial charge in [0.1, 0.15) is 0 Å². The molecule has 0 amide bonds. The van der Waals surface area contributed by atoms with Gasteiger partial charge in [0.15, 0.2) is 0 Å². The molecule has 0 saturated heterocycles. The zero-order valence-electron chi connectivity index (χ0n) is 9.54. The van der Waals surface area contributed by atoms with Gasteiger partial charge in [0, 0.05) is 17.6 Å². The Labute approximate surface area is 105 Å². The quantitative estimate of drug-likeness (QED) is 0.871. The first-order valence-corrected chi connectivity index (χ1v) is 6.53. The molecular formula is C13H18BrNO. The number of benzene rings is 1. The lowest BCUT2D eigenvalue weighted by atomic mass is 10.1. The average Bonchev–Trinajstić information content (AvgIpc) is 2.96. The van der Waals surface area contributed by atoms with Crippen LogP contribution in [0.25, 0.3) is 0 Å². The number of aliphatic hydroxyl groups excluding tert-OH is 1. The molecule has 2 nitrogen and oxygen atoms in total. The smallest absolute Gasteiger partial charge is 0.0914 e. The molecule has 88 valence electrons. The number of nitrogens with one attached hydrogen (secondary N) is 1. The number of halogens is 1. The zero-order chi connectivity index (χ0) is 11.6. The van der Waals surface area contributed by atoms with Crippen molar-refractivity contribution in [2.75, 3.05) is 13.1 Å². The van der Waals surface area contributed by atoms with E-state index in [0.717, 1.165) is 16.6 Å². The molecule has 1 unspecified atom stereocenters. The summed E-state index contributed by atoms with van der Waals surface area (Å²) < 4.78 is 1.01. The minimum atomic E-state index is -0.417. The fourth-order valence-electron chi connectivity index (χ4n) is 1.73. The third kappa shape index (κ3) is 3.30. The first kappa shape index (κ1) is 12.1. The molecule has 1 aliphatic carbocycles. The maximum atomic E-state index is 9.98. The molecule has 1 saturated carbocycles. The van der Waals surface area contributed by atoms with Crippen molar-refractivity contribution in [3.05, 3.63) is 34.3 Å². The van der Waals surface area contributed by atoms with Crippen LogP contribution in [0.2, 0.25) is 0 Å². The van der Waals surface area contributed by atoms with Gasteiger partial charge >= 0.3 is 0 Å². The molecule has 0 heterocycles. The Kier molecular flexibility index (Phi) is 3.67. The van der Waals surface area contributed by atoms with E-state index in [2.05, 4.69) is 28.2 Å². The normalized spacial score (nSPS) is 19.4. The second kappa shape index (κ2) is 4.86. The van der Waals surface area contributed by atoms with Gasteiger partial charge in [-0.25, -0.2) is 0 Å². The van der Waals surface area contributed by atoms with Crippen LogP contribution < -0.4 is 5.32 Å². The molecule has 1 atom stereocenters. The maximum Gasteiger partial charge on any atom is 0.0914 e. The highest BCUT2D eigenvalue weighted by molar-refractivity contribution is 9.10. The first-order chi connectivity index (χ1) is 7.59. The van der Waals surface area contributed by atoms with E-state index < -0.39 is 6.10 Å². The van der Waals surface area contributed by atoms with E-state index in [4.69, 9.17) is 0 Å². The van der Waals surface area contributed by atoms with E-state index in [1.807, 2.05) is 24.3 Å². The molecule has 1 aliphatic rings. The van der Waals surface area contributed by atoms with Crippen LogP contribution in [-0.2, 0) is 0 Å². The molecule has 0 aromatic heterocycles. The Bertz CT molecular complexity index is 363. The van der Waals surface area contributed by atoms with Crippen molar-refractivity contribution >= 4 is 15.9 Å². The molecular weight excluding hydrogens is 266 g/mol. The summed E-state index contributed by atoms with van der Waals surface area (Å²) in [6.07, 6.45) is 2.21. The molecule has 1 aromatic carbocycles. The molecule has 1 aromatic rings. The van der Waals surface area contributed by atoms with Crippen LogP contribution in [0.5, 0.6) is 0 Å². The van der Waals surface area contributed by atoms with Crippen molar-refractivity contribution in [2.24, 2.45) is 5.41 Å². The first-order valence-electron chi connectivity index (χ1n) is 5.73. The maximum absolute atomic E-state index is 9.98. The van der Waals surface area contributed by atoms with Crippen molar-refractivity contribution in [2.45, 2.75) is 25.9 Å². The van der Waals surface area contributed by atoms with E-state index in [1.54, 1.807) is 0 Å². The SMILES string of the molecule is CC1(CNCC(O)c2cccc(Br)c2)CC1. The van der Waals surface area contributed by atoms with E-state index in [-0.39, 0.29) is 0 Å². The van der Waals surface area contributed by atoms with Crippen LogP contribution >= 0.6 is 15.9 Å². The molecule has 0 spiro atoms. The molecule has 3 heteroatoms. The van der Waals surface area contributed by atoms with Crippen molar-refractivity contribution < 1.29 is 5.11 Å². The lowest BCUT2D eigenvalue weighted by Gasteiger charge is -2.15. The highest BCUT2D eigenvalue weighted by Crippen LogP contribution is 2.44. The summed E-state index contributed by atoms with van der Waals surface area (Å²) in [5, 5.41) is 13.3. The van der Waals surface area contributed by atoms with Gasteiger partial charge in [0.2, 0.25) is 0 Å². The summed E-state index contributed by atoms with van der Waals surface area (Å²) in [5.41, 5.74) is 1.46. The van der Waals surface area contributed by atoms with Crippen LogP contribution in [0.1, 0.15) is 31.4 Å². The molecule has 16 heavy (non-hydrogen) atoms. The molecule has 0 radical (unpaired) electrons. The monoisotopic (exact) mass is 283 g/mol. The lowest BCUT2D eigenvalue weighted by molar-refractivity contribution is 0.172. The summed E-state index contributed by atoms with van der Waals surface area (Å²) in [6, 6.07) is 7.83. The van der Waals surface area contributed by atoms with Gasteiger partial charge in [-0.2, -0.15) is 0 Å². The Morgan fingerprint density at radius 3 is 2.88 bits per heavy atom. The Morgan fingerprint density at radius 1 is 1.50 bits per heavy atom. The highest BCUT2D eigenvalue weighted by atomic mass is 79.9. The van der Waals surface area contributed by atoms with Crippen molar-refractivity contribution in [1.29, 1.82) is 0 Å². The lowest BCUT2D eigenvalue weighted by Crippen LogP contribution is -2.27. The van der Waals surface area contributed by atoms with Gasteiger partial charge in [-0.15, -0.1) is 0 Å². The predicted octanol–water partition coefficient (Wildman–Crippen LogP) is 2.87. The Balaban J connectivity index is 1.80. The third-order valence-electron chi connectivity index (χ3n) is 3.23. The molecule has 2 N–H and O–H groups in total. The van der Waals surface area contributed by atoms with Crippen LogP contribution in [0.3, 0.4) is 0 Å². The summed E-state index contributed by atoms with van der Waals surface area (Å²) >= 11 is 3.41. The molecule has 0 bridgehead atoms. The van der Waals surface area contributed by atoms with Gasteiger partial charge < -0.3 is 10.4 Å². The largest absolute Gasteiger partial charge is 0.387 e. The standard InChI is InChI=1S/C13H18BrNO/c1-13(5-6-13)9-15-8-12(16)10-3-2-4-11(14)7-10/h2-4,7,12,15-16H,5-6,8-9H2,1H3. The Hall–Kier alpha value is -0.380. The fraction of sp³-hybridized carbons (Fsp3) is 0.538. The van der Waals surface area contributed by atoms with Crippen molar-refractivity contribution in [1.82, 2.24) is 5.32 Å².